The molecule has 3 N–H and O–H groups in total. The van der Waals surface area contributed by atoms with Crippen LogP contribution < -0.4 is 25.8 Å². The first-order valence-electron chi connectivity index (χ1n) is 12.7. The molecule has 0 bridgehead atoms. The summed E-state index contributed by atoms with van der Waals surface area (Å²) in [6.07, 6.45) is -2.95. The Morgan fingerprint density at radius 2 is 2.13 bits per heavy atom. The number of aromatic nitrogens is 1. The van der Waals surface area contributed by atoms with Gasteiger partial charge in [0.15, 0.2) is 11.6 Å². The van der Waals surface area contributed by atoms with E-state index in [1.165, 1.54) is 6.92 Å². The van der Waals surface area contributed by atoms with Gasteiger partial charge >= 0.3 is 6.18 Å². The maximum absolute atomic E-state index is 13.1. The second-order valence-electron chi connectivity index (χ2n) is 9.83. The van der Waals surface area contributed by atoms with Gasteiger partial charge in [-0.25, -0.2) is 10.4 Å². The van der Waals surface area contributed by atoms with Crippen molar-refractivity contribution < 1.29 is 37.0 Å². The van der Waals surface area contributed by atoms with E-state index in [4.69, 9.17) is 9.47 Å². The van der Waals surface area contributed by atoms with E-state index in [-0.39, 0.29) is 61.1 Å². The maximum atomic E-state index is 13.1. The summed E-state index contributed by atoms with van der Waals surface area (Å²) in [4.78, 5) is 44.3. The van der Waals surface area contributed by atoms with Crippen molar-refractivity contribution in [2.24, 2.45) is 5.92 Å². The number of ether oxygens (including phenoxy) is 2. The lowest BCUT2D eigenvalue weighted by molar-refractivity contribution is -0.138. The van der Waals surface area contributed by atoms with Crippen molar-refractivity contribution in [3.05, 3.63) is 17.8 Å². The number of rotatable bonds is 8. The summed E-state index contributed by atoms with van der Waals surface area (Å²) in [6.45, 7) is 5.68. The van der Waals surface area contributed by atoms with E-state index < -0.39 is 17.7 Å². The number of ketones is 1. The number of fused-ring (bicyclic) bond motifs is 3. The summed E-state index contributed by atoms with van der Waals surface area (Å²) in [5, 5.41) is 3.24. The van der Waals surface area contributed by atoms with Gasteiger partial charge in [-0.15, -0.1) is 0 Å². The average molecular weight is 543 g/mol. The molecule has 1 aromatic heterocycles. The van der Waals surface area contributed by atoms with Gasteiger partial charge in [-0.1, -0.05) is 0 Å². The number of nitrogens with one attached hydrogen (secondary N) is 3. The summed E-state index contributed by atoms with van der Waals surface area (Å²) in [5.74, 6) is -0.952. The third kappa shape index (κ3) is 6.53. The predicted octanol–water partition coefficient (Wildman–Crippen LogP) is 0.493. The van der Waals surface area contributed by atoms with Gasteiger partial charge < -0.3 is 24.6 Å². The third-order valence-electron chi connectivity index (χ3n) is 6.96. The van der Waals surface area contributed by atoms with E-state index in [1.807, 2.05) is 11.8 Å². The van der Waals surface area contributed by atoms with Crippen LogP contribution in [0.25, 0.3) is 0 Å². The molecule has 4 rings (SSSR count). The van der Waals surface area contributed by atoms with Crippen LogP contribution >= 0.6 is 0 Å². The molecule has 0 aromatic carbocycles. The van der Waals surface area contributed by atoms with Gasteiger partial charge in [0.2, 0.25) is 11.8 Å². The van der Waals surface area contributed by atoms with Crippen LogP contribution in [-0.2, 0) is 25.3 Å². The lowest BCUT2D eigenvalue weighted by atomic mass is 9.93. The van der Waals surface area contributed by atoms with Gasteiger partial charge in [-0.2, -0.15) is 13.2 Å². The summed E-state index contributed by atoms with van der Waals surface area (Å²) < 4.78 is 50.5. The number of hydrazine groups is 1. The molecule has 4 atom stereocenters. The Morgan fingerprint density at radius 3 is 2.87 bits per heavy atom. The second kappa shape index (κ2) is 11.8. The van der Waals surface area contributed by atoms with Crippen molar-refractivity contribution in [2.45, 2.75) is 51.0 Å². The lowest BCUT2D eigenvalue weighted by Crippen LogP contribution is -2.63. The number of pyridine rings is 1. The third-order valence-corrected chi connectivity index (χ3v) is 6.96. The van der Waals surface area contributed by atoms with Crippen LogP contribution in [0.5, 0.6) is 5.75 Å². The molecule has 14 heteroatoms. The minimum atomic E-state index is -4.50. The standard InChI is InChI=1S/C24H33F3N6O5/c1-14(30-18-11-29-31-23(36)21(18)15(2)34)13-37-7-4-20(35)32-5-6-33-17(12-32)3-8-38-19-9-16(24(25,26)27)10-28-22(19)33/h9-10,14,17-18,21,29-30H,3-8,11-13H2,1-2H3,(H,31,36)/t14-,17+,18?,21?/m0/s1. The molecule has 2 saturated heterocycles. The number of halogens is 3. The Bertz CT molecular complexity index is 1040. The van der Waals surface area contributed by atoms with E-state index in [2.05, 4.69) is 21.2 Å². The highest BCUT2D eigenvalue weighted by Crippen LogP contribution is 2.38. The highest BCUT2D eigenvalue weighted by atomic mass is 19.4. The SMILES string of the molecule is CC(=O)C1C(=O)NNCC1N[C@@H](C)COCCC(=O)N1CCN2c3ncc(C(F)(F)F)cc3OCC[C@@H]2C1. The van der Waals surface area contributed by atoms with Crippen molar-refractivity contribution in [1.29, 1.82) is 0 Å². The molecule has 4 heterocycles. The first-order chi connectivity index (χ1) is 18.0. The Balaban J connectivity index is 1.23. The number of Topliss-reactive ketones (excluding diaryl/α,β-unsaturated/α-hetero) is 1. The van der Waals surface area contributed by atoms with Gasteiger partial charge in [0.05, 0.1) is 37.8 Å². The fourth-order valence-corrected chi connectivity index (χ4v) is 5.07. The van der Waals surface area contributed by atoms with E-state index in [0.29, 0.717) is 45.0 Å². The Hall–Kier alpha value is -2.97. The highest BCUT2D eigenvalue weighted by molar-refractivity contribution is 6.01. The van der Waals surface area contributed by atoms with Crippen molar-refractivity contribution in [3.8, 4) is 5.75 Å². The average Bonchev–Trinajstić information content (AvgIpc) is 3.04. The summed E-state index contributed by atoms with van der Waals surface area (Å²) >= 11 is 0. The van der Waals surface area contributed by atoms with Crippen LogP contribution in [0, 0.1) is 5.92 Å². The fraction of sp³-hybridized carbons (Fsp3) is 0.667. The zero-order valence-corrected chi connectivity index (χ0v) is 21.3. The van der Waals surface area contributed by atoms with Crippen molar-refractivity contribution in [3.63, 3.8) is 0 Å². The fourth-order valence-electron chi connectivity index (χ4n) is 5.07. The van der Waals surface area contributed by atoms with Crippen LogP contribution in [-0.4, -0.2) is 91.6 Å². The van der Waals surface area contributed by atoms with Crippen LogP contribution in [0.1, 0.15) is 32.3 Å². The zero-order valence-electron chi connectivity index (χ0n) is 21.3. The lowest BCUT2D eigenvalue weighted by Gasteiger charge is -2.41. The molecule has 2 unspecified atom stereocenters. The number of hydrogen-bond acceptors (Lipinski definition) is 9. The molecule has 0 saturated carbocycles. The second-order valence-corrected chi connectivity index (χ2v) is 9.83. The molecule has 0 aliphatic carbocycles. The molecular formula is C24H33F3N6O5. The predicted molar refractivity (Wildman–Crippen MR) is 129 cm³/mol. The molecule has 1 aromatic rings. The zero-order chi connectivity index (χ0) is 27.4. The van der Waals surface area contributed by atoms with E-state index in [0.717, 1.165) is 12.3 Å². The van der Waals surface area contributed by atoms with E-state index in [9.17, 15) is 27.6 Å². The highest BCUT2D eigenvalue weighted by Gasteiger charge is 2.38. The number of anilines is 1. The van der Waals surface area contributed by atoms with Crippen LogP contribution in [0.4, 0.5) is 19.0 Å². The number of piperazine rings is 1. The van der Waals surface area contributed by atoms with Crippen LogP contribution in [0.3, 0.4) is 0 Å². The molecule has 11 nitrogen and oxygen atoms in total. The van der Waals surface area contributed by atoms with Gasteiger partial charge in [0.25, 0.3) is 0 Å². The Labute approximate surface area is 218 Å². The monoisotopic (exact) mass is 542 g/mol. The normalized spacial score (nSPS) is 24.4. The number of carbonyl (C=O) groups excluding carboxylic acids is 3. The molecular weight excluding hydrogens is 509 g/mol. The Morgan fingerprint density at radius 1 is 1.34 bits per heavy atom. The van der Waals surface area contributed by atoms with Crippen molar-refractivity contribution >= 4 is 23.4 Å². The molecule has 3 aliphatic heterocycles. The Kier molecular flexibility index (Phi) is 8.73. The number of nitrogens with zero attached hydrogens (tertiary/aromatic N) is 3. The molecule has 210 valence electrons. The maximum Gasteiger partial charge on any atom is 0.418 e. The molecule has 2 amide bonds. The van der Waals surface area contributed by atoms with Crippen molar-refractivity contribution in [1.82, 2.24) is 26.1 Å². The minimum Gasteiger partial charge on any atom is -0.490 e. The molecule has 0 radical (unpaired) electrons. The van der Waals surface area contributed by atoms with E-state index >= 15 is 0 Å². The summed E-state index contributed by atoms with van der Waals surface area (Å²) in [6, 6.07) is 0.361. The first kappa shape index (κ1) is 28.0. The van der Waals surface area contributed by atoms with E-state index in [1.54, 1.807) is 4.90 Å². The van der Waals surface area contributed by atoms with Crippen LogP contribution in [0.15, 0.2) is 12.3 Å². The number of amides is 2. The summed E-state index contributed by atoms with van der Waals surface area (Å²) in [7, 11) is 0. The van der Waals surface area contributed by atoms with Gasteiger partial charge in [0, 0.05) is 50.9 Å². The van der Waals surface area contributed by atoms with Gasteiger partial charge in [-0.05, 0) is 19.9 Å². The largest absolute Gasteiger partial charge is 0.490 e. The number of alkyl halides is 3. The number of carbonyl (C=O) groups is 3. The van der Waals surface area contributed by atoms with Gasteiger partial charge in [-0.3, -0.25) is 19.8 Å². The first-order valence-corrected chi connectivity index (χ1v) is 12.7. The van der Waals surface area contributed by atoms with Crippen LogP contribution in [0.2, 0.25) is 0 Å². The summed E-state index contributed by atoms with van der Waals surface area (Å²) in [5.41, 5.74) is 4.38. The van der Waals surface area contributed by atoms with Crippen molar-refractivity contribution in [2.75, 3.05) is 50.9 Å². The molecule has 38 heavy (non-hydrogen) atoms. The quantitative estimate of drug-likeness (QED) is 0.318. The smallest absolute Gasteiger partial charge is 0.418 e. The number of hydrogen-bond donors (Lipinski definition) is 3. The molecule has 3 aliphatic rings. The minimum absolute atomic E-state index is 0.0687. The van der Waals surface area contributed by atoms with Gasteiger partial charge in [0.1, 0.15) is 11.7 Å². The molecule has 0 spiro atoms. The topological polar surface area (TPSA) is 125 Å². The molecule has 2 fully saturated rings.